The highest BCUT2D eigenvalue weighted by Gasteiger charge is 2.33. The number of hydrogen-bond acceptors (Lipinski definition) is 13. The highest BCUT2D eigenvalue weighted by molar-refractivity contribution is 14.1. The Morgan fingerprint density at radius 1 is 0.508 bits per heavy atom. The van der Waals surface area contributed by atoms with E-state index in [4.69, 9.17) is 4.74 Å². The number of likely N-dealkylation sites (N-methyl/N-ethyl adjacent to an activating group) is 4. The van der Waals surface area contributed by atoms with Crippen molar-refractivity contribution in [2.45, 2.75) is 12.2 Å². The van der Waals surface area contributed by atoms with E-state index in [9.17, 15) is 59.4 Å². The van der Waals surface area contributed by atoms with Crippen LogP contribution in [0.4, 0.5) is 11.4 Å². The van der Waals surface area contributed by atoms with Crippen LogP contribution in [0.2, 0.25) is 0 Å². The molecule has 2 aromatic carbocycles. The van der Waals surface area contributed by atoms with Crippen molar-refractivity contribution < 1.29 is 64.1 Å². The molecule has 19 nitrogen and oxygen atoms in total. The standard InChI is InChI=1S/C34H42I6N6O13/c1-43(31(55)19-23(35)21(33(57)45(3)9-15(51)11-47)27(39)29(25(19)37)41-17(53)13-49)5-7-59-8-6-44(2)32(56)20-24(36)22(34(58)46(4)10-16(52)12-48)28(40)30(26(20)38)42-18(54)14-50/h15-16,47-52H,5-14H2,1-4H3,(H,41,53)(H,42,54). The lowest BCUT2D eigenvalue weighted by Gasteiger charge is -2.26. The average Bonchev–Trinajstić information content (AvgIpc) is 3.19. The van der Waals surface area contributed by atoms with Gasteiger partial charge in [-0.2, -0.15) is 0 Å². The van der Waals surface area contributed by atoms with Crippen LogP contribution in [0.1, 0.15) is 41.4 Å². The van der Waals surface area contributed by atoms with Crippen LogP contribution in [0.15, 0.2) is 0 Å². The van der Waals surface area contributed by atoms with Gasteiger partial charge in [-0.05, 0) is 136 Å². The molecule has 0 radical (unpaired) electrons. The maximum absolute atomic E-state index is 13.9. The third-order valence-corrected chi connectivity index (χ3v) is 14.7. The van der Waals surface area contributed by atoms with Gasteiger partial charge >= 0.3 is 0 Å². The van der Waals surface area contributed by atoms with Crippen LogP contribution in [0.3, 0.4) is 0 Å². The second-order valence-electron chi connectivity index (χ2n) is 12.7. The first-order chi connectivity index (χ1) is 27.6. The molecule has 0 heterocycles. The summed E-state index contributed by atoms with van der Waals surface area (Å²) in [4.78, 5) is 84.7. The summed E-state index contributed by atoms with van der Waals surface area (Å²) in [6.07, 6.45) is -2.43. The fourth-order valence-corrected chi connectivity index (χ4v) is 13.8. The maximum Gasteiger partial charge on any atom is 0.255 e. The Morgan fingerprint density at radius 3 is 1.03 bits per heavy atom. The zero-order valence-corrected chi connectivity index (χ0v) is 44.8. The molecule has 2 aromatic rings. The van der Waals surface area contributed by atoms with Gasteiger partial charge in [-0.1, -0.05) is 0 Å². The number of hydrogen-bond donors (Lipinski definition) is 8. The minimum atomic E-state index is -1.22. The molecule has 25 heteroatoms. The SMILES string of the molecule is CN(CCOCCN(C)C(=O)c1c(I)c(NC(=O)CO)c(I)c(C(=O)N(C)CC(O)CO)c1I)C(=O)c1c(I)c(NC(=O)CO)c(I)c(C(=O)N(C)CC(O)CO)c1I. The fourth-order valence-electron chi connectivity index (χ4n) is 5.04. The molecule has 0 spiro atoms. The van der Waals surface area contributed by atoms with Gasteiger partial charge in [-0.15, -0.1) is 0 Å². The van der Waals surface area contributed by atoms with Crippen molar-refractivity contribution in [1.29, 1.82) is 0 Å². The number of aliphatic hydroxyl groups is 6. The highest BCUT2D eigenvalue weighted by atomic mass is 127. The van der Waals surface area contributed by atoms with Crippen molar-refractivity contribution in [3.8, 4) is 0 Å². The topological polar surface area (TPSA) is 270 Å². The van der Waals surface area contributed by atoms with E-state index < -0.39 is 74.1 Å². The number of benzene rings is 2. The third kappa shape index (κ3) is 14.2. The summed E-state index contributed by atoms with van der Waals surface area (Å²) in [5.41, 5.74) is 0.592. The molecule has 59 heavy (non-hydrogen) atoms. The number of aliphatic hydroxyl groups excluding tert-OH is 6. The lowest BCUT2D eigenvalue weighted by Crippen LogP contribution is -2.38. The van der Waals surface area contributed by atoms with Crippen molar-refractivity contribution >= 4 is 182 Å². The van der Waals surface area contributed by atoms with E-state index in [2.05, 4.69) is 10.6 Å². The number of halogens is 6. The Labute approximate surface area is 421 Å². The molecule has 0 aliphatic rings. The molecular weight excluding hydrogens is 1460 g/mol. The fraction of sp³-hybridized carbons (Fsp3) is 0.471. The van der Waals surface area contributed by atoms with Crippen molar-refractivity contribution in [3.05, 3.63) is 43.7 Å². The normalized spacial score (nSPS) is 12.1. The summed E-state index contributed by atoms with van der Waals surface area (Å²) in [5.74, 6) is -3.77. The predicted octanol–water partition coefficient (Wildman–Crippen LogP) is 0.887. The largest absolute Gasteiger partial charge is 0.394 e. The predicted molar refractivity (Wildman–Crippen MR) is 265 cm³/mol. The monoisotopic (exact) mass is 1500 g/mol. The molecule has 2 atom stereocenters. The van der Waals surface area contributed by atoms with Gasteiger partial charge in [0.15, 0.2) is 0 Å². The molecule has 6 amide bonds. The van der Waals surface area contributed by atoms with Crippen LogP contribution in [0.5, 0.6) is 0 Å². The molecule has 0 saturated carbocycles. The Balaban J connectivity index is 2.32. The van der Waals surface area contributed by atoms with E-state index in [1.807, 2.05) is 136 Å². The van der Waals surface area contributed by atoms with Crippen molar-refractivity contribution in [3.63, 3.8) is 0 Å². The summed E-state index contributed by atoms with van der Waals surface area (Å²) in [6, 6.07) is 0. The highest BCUT2D eigenvalue weighted by Crippen LogP contribution is 2.38. The van der Waals surface area contributed by atoms with Gasteiger partial charge in [-0.3, -0.25) is 28.8 Å². The van der Waals surface area contributed by atoms with Crippen molar-refractivity contribution in [2.24, 2.45) is 0 Å². The van der Waals surface area contributed by atoms with E-state index >= 15 is 0 Å². The molecule has 8 N–H and O–H groups in total. The minimum Gasteiger partial charge on any atom is -0.394 e. The Kier molecular flexibility index (Phi) is 23.6. The molecule has 0 aliphatic carbocycles. The number of nitrogens with one attached hydrogen (secondary N) is 2. The van der Waals surface area contributed by atoms with Crippen molar-refractivity contribution in [1.82, 2.24) is 19.6 Å². The molecular formula is C34H42I6N6O13. The van der Waals surface area contributed by atoms with Crippen molar-refractivity contribution in [2.75, 3.05) is 105 Å². The quantitative estimate of drug-likeness (QED) is 0.0678. The van der Waals surface area contributed by atoms with E-state index in [0.717, 1.165) is 0 Å². The van der Waals surface area contributed by atoms with Gasteiger partial charge in [0, 0.05) is 61.5 Å². The summed E-state index contributed by atoms with van der Waals surface area (Å²) in [7, 11) is 5.85. The molecule has 0 fully saturated rings. The number of ether oxygens (including phenoxy) is 1. The van der Waals surface area contributed by atoms with E-state index in [-0.39, 0.29) is 80.2 Å². The van der Waals surface area contributed by atoms with E-state index in [0.29, 0.717) is 14.3 Å². The molecule has 0 saturated heterocycles. The van der Waals surface area contributed by atoms with Gasteiger partial charge in [0.2, 0.25) is 11.8 Å². The lowest BCUT2D eigenvalue weighted by atomic mass is 10.1. The van der Waals surface area contributed by atoms with Gasteiger partial charge in [0.1, 0.15) is 13.2 Å². The van der Waals surface area contributed by atoms with Gasteiger partial charge in [-0.25, -0.2) is 0 Å². The number of amides is 6. The third-order valence-electron chi connectivity index (χ3n) is 8.22. The second-order valence-corrected chi connectivity index (χ2v) is 19.1. The van der Waals surface area contributed by atoms with Crippen LogP contribution < -0.4 is 10.6 Å². The lowest BCUT2D eigenvalue weighted by molar-refractivity contribution is -0.119. The number of carbonyl (C=O) groups is 6. The average molecular weight is 1500 g/mol. The minimum absolute atomic E-state index is 0.0179. The summed E-state index contributed by atoms with van der Waals surface area (Å²) in [5, 5.41) is 62.4. The first-order valence-corrected chi connectivity index (χ1v) is 23.5. The molecule has 328 valence electrons. The van der Waals surface area contributed by atoms with Gasteiger partial charge < -0.3 is 65.6 Å². The summed E-state index contributed by atoms with van der Waals surface area (Å²) >= 11 is 11.2. The van der Waals surface area contributed by atoms with Crippen LogP contribution in [-0.2, 0) is 14.3 Å². The molecule has 2 unspecified atom stereocenters. The van der Waals surface area contributed by atoms with E-state index in [1.165, 1.54) is 47.8 Å². The van der Waals surface area contributed by atoms with Crippen LogP contribution >= 0.6 is 136 Å². The van der Waals surface area contributed by atoms with Crippen LogP contribution in [-0.4, -0.2) is 192 Å². The zero-order valence-electron chi connectivity index (χ0n) is 31.8. The second kappa shape index (κ2) is 25.6. The van der Waals surface area contributed by atoms with Gasteiger partial charge in [0.25, 0.3) is 23.6 Å². The van der Waals surface area contributed by atoms with E-state index in [1.54, 1.807) is 0 Å². The number of nitrogens with zero attached hydrogens (tertiary/aromatic N) is 4. The maximum atomic E-state index is 13.9. The van der Waals surface area contributed by atoms with Gasteiger partial charge in [0.05, 0.1) is 86.5 Å². The van der Waals surface area contributed by atoms with Crippen LogP contribution in [0, 0.1) is 21.4 Å². The smallest absolute Gasteiger partial charge is 0.255 e. The first kappa shape index (κ1) is 54.5. The Hall–Kier alpha value is -0.640. The molecule has 0 aromatic heterocycles. The number of carbonyl (C=O) groups excluding carboxylic acids is 6. The summed E-state index contributed by atoms with van der Waals surface area (Å²) < 4.78 is 7.54. The Bertz CT molecular complexity index is 1790. The Morgan fingerprint density at radius 2 is 0.780 bits per heavy atom. The zero-order chi connectivity index (χ0) is 45.0. The first-order valence-electron chi connectivity index (χ1n) is 17.0. The van der Waals surface area contributed by atoms with Crippen LogP contribution in [0.25, 0.3) is 0 Å². The summed E-state index contributed by atoms with van der Waals surface area (Å²) in [6.45, 7) is -3.14. The number of rotatable bonds is 20. The molecule has 0 bridgehead atoms. The number of anilines is 2. The molecule has 0 aliphatic heterocycles. The molecule has 2 rings (SSSR count).